The smallest absolute Gasteiger partial charge is 0.137 e. The fourth-order valence-electron chi connectivity index (χ4n) is 4.39. The lowest BCUT2D eigenvalue weighted by atomic mass is 9.74. The number of allylic oxidation sites excluding steroid dienone is 6. The van der Waals surface area contributed by atoms with E-state index in [0.29, 0.717) is 17.1 Å². The second-order valence-electron chi connectivity index (χ2n) is 8.73. The molecule has 0 atom stereocenters. The summed E-state index contributed by atoms with van der Waals surface area (Å²) in [5.41, 5.74) is 7.05. The summed E-state index contributed by atoms with van der Waals surface area (Å²) < 4.78 is 5.79. The summed E-state index contributed by atoms with van der Waals surface area (Å²) in [4.78, 5) is 2.50. The van der Waals surface area contributed by atoms with Crippen molar-refractivity contribution in [2.24, 2.45) is 0 Å². The van der Waals surface area contributed by atoms with Crippen molar-refractivity contribution in [2.45, 2.75) is 39.0 Å². The van der Waals surface area contributed by atoms with Crippen LogP contribution in [0.2, 0.25) is 0 Å². The molecule has 0 bridgehead atoms. The molecule has 0 saturated heterocycles. The maximum atomic E-state index is 9.17. The van der Waals surface area contributed by atoms with Crippen LogP contribution < -0.4 is 4.90 Å². The van der Waals surface area contributed by atoms with Gasteiger partial charge in [-0.3, -0.25) is 0 Å². The zero-order valence-electron chi connectivity index (χ0n) is 17.7. The van der Waals surface area contributed by atoms with Crippen LogP contribution in [0.1, 0.15) is 50.3 Å². The van der Waals surface area contributed by atoms with Crippen molar-refractivity contribution in [2.75, 3.05) is 18.0 Å². The van der Waals surface area contributed by atoms with Crippen molar-refractivity contribution in [3.8, 4) is 12.1 Å². The zero-order valence-corrected chi connectivity index (χ0v) is 17.7. The first-order valence-electron chi connectivity index (χ1n) is 10.2. The first-order chi connectivity index (χ1) is 14.3. The standard InChI is InChI=1S/C26H25N3O/c1-17-7-9-29-10-8-26(3,4)24-13-19(12-23(17)25(24)29)5-6-22-14-20(11-18(2)30-22)21(15-27)16-28/h5-6,11-14H,1,7-10H2,2-4H3/b6-5+. The minimum atomic E-state index is 0.0832. The topological polar surface area (TPSA) is 60.0 Å². The Kier molecular flexibility index (Phi) is 4.88. The molecule has 1 aromatic carbocycles. The maximum Gasteiger partial charge on any atom is 0.137 e. The number of benzene rings is 1. The van der Waals surface area contributed by atoms with E-state index in [2.05, 4.69) is 37.5 Å². The molecular formula is C26H25N3O. The third-order valence-electron chi connectivity index (χ3n) is 6.14. The normalized spacial score (nSPS) is 19.3. The summed E-state index contributed by atoms with van der Waals surface area (Å²) in [7, 11) is 0. The van der Waals surface area contributed by atoms with E-state index in [4.69, 9.17) is 15.3 Å². The van der Waals surface area contributed by atoms with Crippen molar-refractivity contribution in [1.29, 1.82) is 10.5 Å². The van der Waals surface area contributed by atoms with E-state index in [1.807, 2.05) is 31.2 Å². The van der Waals surface area contributed by atoms with Gasteiger partial charge >= 0.3 is 0 Å². The van der Waals surface area contributed by atoms with Crippen molar-refractivity contribution in [1.82, 2.24) is 0 Å². The highest BCUT2D eigenvalue weighted by Gasteiger charge is 2.35. The molecule has 0 fully saturated rings. The largest absolute Gasteiger partial charge is 0.462 e. The van der Waals surface area contributed by atoms with E-state index in [9.17, 15) is 0 Å². The Morgan fingerprint density at radius 2 is 1.93 bits per heavy atom. The van der Waals surface area contributed by atoms with E-state index in [-0.39, 0.29) is 11.0 Å². The minimum Gasteiger partial charge on any atom is -0.462 e. The number of hydrogen-bond acceptors (Lipinski definition) is 4. The molecule has 0 aromatic heterocycles. The molecule has 30 heavy (non-hydrogen) atoms. The van der Waals surface area contributed by atoms with E-state index in [1.54, 1.807) is 12.2 Å². The zero-order chi connectivity index (χ0) is 21.5. The van der Waals surface area contributed by atoms with Crippen molar-refractivity contribution >= 4 is 17.3 Å². The van der Waals surface area contributed by atoms with Gasteiger partial charge in [-0.05, 0) is 72.2 Å². The molecule has 4 heteroatoms. The number of anilines is 1. The second-order valence-corrected chi connectivity index (χ2v) is 8.73. The highest BCUT2D eigenvalue weighted by atomic mass is 16.5. The number of hydrogen-bond donors (Lipinski definition) is 0. The lowest BCUT2D eigenvalue weighted by molar-refractivity contribution is 0.318. The molecule has 4 rings (SSSR count). The van der Waals surface area contributed by atoms with Gasteiger partial charge in [-0.25, -0.2) is 0 Å². The van der Waals surface area contributed by atoms with Crippen LogP contribution >= 0.6 is 0 Å². The second kappa shape index (κ2) is 7.39. The number of nitrogens with zero attached hydrogens (tertiary/aromatic N) is 3. The minimum absolute atomic E-state index is 0.0832. The molecule has 0 radical (unpaired) electrons. The highest BCUT2D eigenvalue weighted by molar-refractivity contribution is 5.84. The van der Waals surface area contributed by atoms with Crippen LogP contribution in [0.25, 0.3) is 11.6 Å². The van der Waals surface area contributed by atoms with Crippen LogP contribution in [-0.4, -0.2) is 13.1 Å². The Morgan fingerprint density at radius 1 is 1.17 bits per heavy atom. The van der Waals surface area contributed by atoms with Gasteiger partial charge in [0.25, 0.3) is 0 Å². The monoisotopic (exact) mass is 395 g/mol. The van der Waals surface area contributed by atoms with Gasteiger partial charge in [0.2, 0.25) is 0 Å². The van der Waals surface area contributed by atoms with Gasteiger partial charge in [0, 0.05) is 29.9 Å². The van der Waals surface area contributed by atoms with Crippen molar-refractivity contribution in [3.63, 3.8) is 0 Å². The summed E-state index contributed by atoms with van der Waals surface area (Å²) in [6.45, 7) is 12.9. The Labute approximate surface area is 178 Å². The van der Waals surface area contributed by atoms with E-state index in [0.717, 1.165) is 31.5 Å². The fourth-order valence-corrected chi connectivity index (χ4v) is 4.39. The van der Waals surface area contributed by atoms with Crippen LogP contribution in [-0.2, 0) is 10.2 Å². The van der Waals surface area contributed by atoms with E-state index < -0.39 is 0 Å². The Morgan fingerprint density at radius 3 is 2.67 bits per heavy atom. The lowest BCUT2D eigenvalue weighted by Gasteiger charge is -2.44. The molecule has 0 amide bonds. The van der Waals surface area contributed by atoms with Crippen LogP contribution in [0.4, 0.5) is 5.69 Å². The summed E-state index contributed by atoms with van der Waals surface area (Å²) in [6, 6.07) is 8.38. The fraction of sp³-hybridized carbons (Fsp3) is 0.308. The van der Waals surface area contributed by atoms with Crippen LogP contribution in [0.15, 0.2) is 59.6 Å². The van der Waals surface area contributed by atoms with Gasteiger partial charge in [-0.15, -0.1) is 0 Å². The third-order valence-corrected chi connectivity index (χ3v) is 6.14. The van der Waals surface area contributed by atoms with Crippen molar-refractivity contribution < 1.29 is 4.74 Å². The average molecular weight is 396 g/mol. The summed E-state index contributed by atoms with van der Waals surface area (Å²) in [5, 5.41) is 18.3. The van der Waals surface area contributed by atoms with Gasteiger partial charge in [0.05, 0.1) is 0 Å². The van der Waals surface area contributed by atoms with Crippen LogP contribution in [0.3, 0.4) is 0 Å². The van der Waals surface area contributed by atoms with Crippen LogP contribution in [0, 0.1) is 22.7 Å². The lowest BCUT2D eigenvalue weighted by Crippen LogP contribution is -2.40. The predicted octanol–water partition coefficient (Wildman–Crippen LogP) is 5.77. The molecule has 3 heterocycles. The summed E-state index contributed by atoms with van der Waals surface area (Å²) in [6.07, 6.45) is 9.51. The highest BCUT2D eigenvalue weighted by Crippen LogP contribution is 2.47. The maximum absolute atomic E-state index is 9.17. The predicted molar refractivity (Wildman–Crippen MR) is 120 cm³/mol. The molecule has 0 unspecified atom stereocenters. The first kappa shape index (κ1) is 19.8. The molecule has 150 valence electrons. The molecule has 0 N–H and O–H groups in total. The Hall–Kier alpha value is -3.50. The van der Waals surface area contributed by atoms with E-state index in [1.165, 1.54) is 22.4 Å². The Balaban J connectivity index is 1.75. The average Bonchev–Trinajstić information content (AvgIpc) is 2.71. The molecule has 3 aliphatic rings. The molecule has 1 aromatic rings. The van der Waals surface area contributed by atoms with Crippen molar-refractivity contribution in [3.05, 3.63) is 76.3 Å². The van der Waals surface area contributed by atoms with Gasteiger partial charge in [0.1, 0.15) is 29.2 Å². The molecule has 0 spiro atoms. The third kappa shape index (κ3) is 3.46. The van der Waals surface area contributed by atoms with Gasteiger partial charge in [-0.1, -0.05) is 26.5 Å². The number of ether oxygens (including phenoxy) is 1. The number of rotatable bonds is 2. The van der Waals surface area contributed by atoms with Gasteiger partial charge in [-0.2, -0.15) is 10.5 Å². The van der Waals surface area contributed by atoms with Gasteiger partial charge in [0.15, 0.2) is 0 Å². The summed E-state index contributed by atoms with van der Waals surface area (Å²) in [5.74, 6) is 1.26. The quantitative estimate of drug-likeness (QED) is 0.597. The first-order valence-corrected chi connectivity index (χ1v) is 10.2. The van der Waals surface area contributed by atoms with Crippen LogP contribution in [0.5, 0.6) is 0 Å². The molecular weight excluding hydrogens is 370 g/mol. The van der Waals surface area contributed by atoms with Gasteiger partial charge < -0.3 is 9.64 Å². The molecule has 0 aliphatic carbocycles. The molecule has 4 nitrogen and oxygen atoms in total. The number of nitriles is 2. The summed E-state index contributed by atoms with van der Waals surface area (Å²) >= 11 is 0. The molecule has 0 saturated carbocycles. The van der Waals surface area contributed by atoms with E-state index >= 15 is 0 Å². The molecule has 3 aliphatic heterocycles. The SMILES string of the molecule is C=C1CCN2CCC(C)(C)c3cc(/C=C/C4=CC(=C(C#N)C#N)C=C(C)O4)cc1c32. The Bertz CT molecular complexity index is 1130.